The van der Waals surface area contributed by atoms with Crippen molar-refractivity contribution in [3.05, 3.63) is 28.2 Å². The topological polar surface area (TPSA) is 30.5 Å². The van der Waals surface area contributed by atoms with E-state index < -0.39 is 0 Å². The number of halogens is 1. The highest BCUT2D eigenvalue weighted by Crippen LogP contribution is 2.31. The smallest absolute Gasteiger partial charge is 0.103 e. The predicted molar refractivity (Wildman–Crippen MR) is 81.8 cm³/mol. The third-order valence-corrected chi connectivity index (χ3v) is 4.18. The van der Waals surface area contributed by atoms with Gasteiger partial charge in [-0.2, -0.15) is 0 Å². The van der Waals surface area contributed by atoms with Crippen molar-refractivity contribution < 1.29 is 9.47 Å². The van der Waals surface area contributed by atoms with Gasteiger partial charge in [-0.1, -0.05) is 22.9 Å². The molecule has 0 heterocycles. The molecule has 0 aromatic heterocycles. The molecule has 3 nitrogen and oxygen atoms in total. The molecule has 1 N–H and O–H groups in total. The van der Waals surface area contributed by atoms with Crippen molar-refractivity contribution in [1.82, 2.24) is 0 Å². The van der Waals surface area contributed by atoms with Crippen LogP contribution in [0.25, 0.3) is 0 Å². The molecule has 0 bridgehead atoms. The fourth-order valence-electron chi connectivity index (χ4n) is 2.61. The first-order valence-electron chi connectivity index (χ1n) is 6.88. The first-order chi connectivity index (χ1) is 9.19. The van der Waals surface area contributed by atoms with Gasteiger partial charge in [0.1, 0.15) is 6.10 Å². The number of rotatable bonds is 6. The van der Waals surface area contributed by atoms with Crippen molar-refractivity contribution in [2.75, 3.05) is 19.0 Å². The molecule has 1 aromatic carbocycles. The Bertz CT molecular complexity index is 425. The van der Waals surface area contributed by atoms with Gasteiger partial charge in [0.15, 0.2) is 0 Å². The van der Waals surface area contributed by atoms with Crippen molar-refractivity contribution in [2.45, 2.75) is 44.9 Å². The highest BCUT2D eigenvalue weighted by atomic mass is 79.9. The molecule has 1 aliphatic carbocycles. The minimum atomic E-state index is 0.147. The summed E-state index contributed by atoms with van der Waals surface area (Å²) in [5.74, 6) is 0. The van der Waals surface area contributed by atoms with Crippen LogP contribution in [0.1, 0.15) is 25.8 Å². The lowest BCUT2D eigenvalue weighted by molar-refractivity contribution is -0.118. The molecule has 3 unspecified atom stereocenters. The number of aryl methyl sites for hydroxylation is 1. The van der Waals surface area contributed by atoms with Gasteiger partial charge in [0.25, 0.3) is 0 Å². The first-order valence-corrected chi connectivity index (χ1v) is 7.68. The van der Waals surface area contributed by atoms with Gasteiger partial charge in [-0.3, -0.25) is 0 Å². The zero-order valence-corrected chi connectivity index (χ0v) is 13.4. The number of hydrogen-bond donors (Lipinski definition) is 1. The lowest BCUT2D eigenvalue weighted by Gasteiger charge is -2.44. The summed E-state index contributed by atoms with van der Waals surface area (Å²) < 4.78 is 12.3. The van der Waals surface area contributed by atoms with E-state index in [1.807, 2.05) is 6.92 Å². The van der Waals surface area contributed by atoms with Crippen LogP contribution in [0.2, 0.25) is 0 Å². The third-order valence-electron chi connectivity index (χ3n) is 3.69. The largest absolute Gasteiger partial charge is 0.379 e. The number of ether oxygens (including phenoxy) is 2. The number of hydrogen-bond acceptors (Lipinski definition) is 3. The Balaban J connectivity index is 2.02. The van der Waals surface area contributed by atoms with Crippen LogP contribution in [0, 0.1) is 0 Å². The van der Waals surface area contributed by atoms with Crippen molar-refractivity contribution in [2.24, 2.45) is 0 Å². The van der Waals surface area contributed by atoms with Gasteiger partial charge in [-0.25, -0.2) is 0 Å². The average Bonchev–Trinajstić information content (AvgIpc) is 2.39. The van der Waals surface area contributed by atoms with Gasteiger partial charge < -0.3 is 14.8 Å². The molecule has 1 aliphatic rings. The Kier molecular flexibility index (Phi) is 5.25. The molecule has 0 radical (unpaired) electrons. The molecule has 0 amide bonds. The minimum Gasteiger partial charge on any atom is -0.379 e. The fraction of sp³-hybridized carbons (Fsp3) is 0.600. The predicted octanol–water partition coefficient (Wildman–Crippen LogP) is 3.62. The molecule has 0 aliphatic heterocycles. The molecule has 4 heteroatoms. The lowest BCUT2D eigenvalue weighted by atomic mass is 9.84. The van der Waals surface area contributed by atoms with Crippen molar-refractivity contribution in [3.8, 4) is 0 Å². The van der Waals surface area contributed by atoms with E-state index in [1.54, 1.807) is 7.11 Å². The van der Waals surface area contributed by atoms with Crippen LogP contribution in [-0.4, -0.2) is 32.0 Å². The molecule has 1 saturated carbocycles. The molecule has 3 atom stereocenters. The van der Waals surface area contributed by atoms with Crippen LogP contribution >= 0.6 is 15.9 Å². The Hall–Kier alpha value is -0.580. The third kappa shape index (κ3) is 3.30. The van der Waals surface area contributed by atoms with Crippen LogP contribution in [0.5, 0.6) is 0 Å². The molecule has 19 heavy (non-hydrogen) atoms. The molecule has 2 rings (SSSR count). The van der Waals surface area contributed by atoms with Crippen molar-refractivity contribution in [3.63, 3.8) is 0 Å². The zero-order chi connectivity index (χ0) is 13.8. The highest BCUT2D eigenvalue weighted by Gasteiger charge is 2.42. The second-order valence-electron chi connectivity index (χ2n) is 4.84. The summed E-state index contributed by atoms with van der Waals surface area (Å²) in [6, 6.07) is 6.71. The molecular weight excluding hydrogens is 306 g/mol. The normalized spacial score (nSPS) is 26.0. The molecular formula is C15H22BrNO2. The van der Waals surface area contributed by atoms with Crippen LogP contribution in [0.3, 0.4) is 0 Å². The van der Waals surface area contributed by atoms with Gasteiger partial charge in [-0.15, -0.1) is 0 Å². The lowest BCUT2D eigenvalue weighted by Crippen LogP contribution is -2.56. The summed E-state index contributed by atoms with van der Waals surface area (Å²) >= 11 is 3.52. The van der Waals surface area contributed by atoms with Crippen molar-refractivity contribution in [1.29, 1.82) is 0 Å². The maximum atomic E-state index is 5.65. The van der Waals surface area contributed by atoms with E-state index in [0.717, 1.165) is 23.9 Å². The number of anilines is 1. The maximum absolute atomic E-state index is 5.65. The highest BCUT2D eigenvalue weighted by molar-refractivity contribution is 9.10. The molecule has 1 fully saturated rings. The standard InChI is InChI=1S/C15H22BrNO2/c1-4-10-8-11(16)6-7-12(10)17-13-9-14(19-5-2)15(13)18-3/h6-8,13-15,17H,4-5,9H2,1-3H3. The molecule has 0 saturated heterocycles. The second-order valence-corrected chi connectivity index (χ2v) is 5.75. The van der Waals surface area contributed by atoms with E-state index >= 15 is 0 Å². The average molecular weight is 328 g/mol. The molecule has 106 valence electrons. The quantitative estimate of drug-likeness (QED) is 0.865. The first kappa shape index (κ1) is 14.8. The molecule has 0 spiro atoms. The summed E-state index contributed by atoms with van der Waals surface area (Å²) in [4.78, 5) is 0. The summed E-state index contributed by atoms with van der Waals surface area (Å²) in [6.45, 7) is 4.94. The Morgan fingerprint density at radius 3 is 2.79 bits per heavy atom. The van der Waals surface area contributed by atoms with E-state index in [2.05, 4.69) is 46.4 Å². The van der Waals surface area contributed by atoms with Crippen molar-refractivity contribution >= 4 is 21.6 Å². The van der Waals surface area contributed by atoms with E-state index in [1.165, 1.54) is 11.3 Å². The fourth-order valence-corrected chi connectivity index (χ4v) is 3.02. The monoisotopic (exact) mass is 327 g/mol. The number of methoxy groups -OCH3 is 1. The minimum absolute atomic E-state index is 0.147. The number of nitrogens with one attached hydrogen (secondary N) is 1. The maximum Gasteiger partial charge on any atom is 0.103 e. The van der Waals surface area contributed by atoms with Crippen LogP contribution in [0.15, 0.2) is 22.7 Å². The van der Waals surface area contributed by atoms with E-state index in [4.69, 9.17) is 9.47 Å². The zero-order valence-electron chi connectivity index (χ0n) is 11.8. The van der Waals surface area contributed by atoms with Gasteiger partial charge in [0.2, 0.25) is 0 Å². The van der Waals surface area contributed by atoms with Crippen LogP contribution in [-0.2, 0) is 15.9 Å². The van der Waals surface area contributed by atoms with Gasteiger partial charge in [0, 0.05) is 23.9 Å². The van der Waals surface area contributed by atoms with Crippen LogP contribution < -0.4 is 5.32 Å². The summed E-state index contributed by atoms with van der Waals surface area (Å²) in [6.07, 6.45) is 2.40. The Morgan fingerprint density at radius 2 is 2.16 bits per heavy atom. The SMILES string of the molecule is CCOC1CC(Nc2ccc(Br)cc2CC)C1OC. The Morgan fingerprint density at radius 1 is 1.37 bits per heavy atom. The van der Waals surface area contributed by atoms with E-state index in [0.29, 0.717) is 6.04 Å². The number of benzene rings is 1. The van der Waals surface area contributed by atoms with E-state index in [-0.39, 0.29) is 12.2 Å². The summed E-state index contributed by atoms with van der Waals surface area (Å²) in [7, 11) is 1.76. The van der Waals surface area contributed by atoms with Gasteiger partial charge in [0.05, 0.1) is 12.1 Å². The summed E-state index contributed by atoms with van der Waals surface area (Å²) in [5, 5.41) is 3.59. The van der Waals surface area contributed by atoms with E-state index in [9.17, 15) is 0 Å². The second kappa shape index (κ2) is 6.73. The van der Waals surface area contributed by atoms with Crippen LogP contribution in [0.4, 0.5) is 5.69 Å². The summed E-state index contributed by atoms with van der Waals surface area (Å²) in [5.41, 5.74) is 2.52. The molecule has 1 aromatic rings. The Labute approximate surface area is 123 Å². The van der Waals surface area contributed by atoms with Gasteiger partial charge in [-0.05, 0) is 43.5 Å². The van der Waals surface area contributed by atoms with Gasteiger partial charge >= 0.3 is 0 Å².